The van der Waals surface area contributed by atoms with Crippen LogP contribution >= 0.6 is 11.6 Å². The van der Waals surface area contributed by atoms with E-state index < -0.39 is 28.0 Å². The van der Waals surface area contributed by atoms with Crippen molar-refractivity contribution < 1.29 is 28.2 Å². The van der Waals surface area contributed by atoms with Gasteiger partial charge in [-0.15, -0.1) is 0 Å². The number of carboxylic acids is 2. The van der Waals surface area contributed by atoms with Crippen molar-refractivity contribution in [3.8, 4) is 0 Å². The topological polar surface area (TPSA) is 121 Å². The Morgan fingerprint density at radius 2 is 1.76 bits per heavy atom. The van der Waals surface area contributed by atoms with Crippen LogP contribution < -0.4 is 4.72 Å². The van der Waals surface area contributed by atoms with Crippen molar-refractivity contribution in [2.24, 2.45) is 0 Å². The Hall–Kier alpha value is -1.64. The van der Waals surface area contributed by atoms with Gasteiger partial charge in [0.25, 0.3) is 0 Å². The Morgan fingerprint density at radius 1 is 1.19 bits per heavy atom. The fourth-order valence-electron chi connectivity index (χ4n) is 1.56. The maximum absolute atomic E-state index is 12.0. The number of benzene rings is 1. The molecular formula is C12H14ClNO6S. The number of sulfonamides is 1. The SMILES string of the molecule is O=C(O)CCC[C@@H](NS(=O)(=O)c1ccc(Cl)cc1)C(=O)O. The summed E-state index contributed by atoms with van der Waals surface area (Å²) in [6.07, 6.45) is -0.295. The standard InChI is InChI=1S/C12H14ClNO6S/c13-8-4-6-9(7-5-8)21(19,20)14-10(12(17)18)2-1-3-11(15)16/h4-7,10,14H,1-3H2,(H,15,16)(H,17,18)/t10-/m1/s1. The number of aliphatic carboxylic acids is 2. The zero-order valence-corrected chi connectivity index (χ0v) is 12.4. The van der Waals surface area contributed by atoms with Gasteiger partial charge in [-0.3, -0.25) is 9.59 Å². The summed E-state index contributed by atoms with van der Waals surface area (Å²) >= 11 is 5.65. The average molecular weight is 336 g/mol. The van der Waals surface area contributed by atoms with Crippen LogP contribution in [0.5, 0.6) is 0 Å². The highest BCUT2D eigenvalue weighted by Gasteiger charge is 2.25. The number of carboxylic acid groups (broad SMARTS) is 2. The zero-order chi connectivity index (χ0) is 16.0. The Bertz CT molecular complexity index is 613. The van der Waals surface area contributed by atoms with Crippen molar-refractivity contribution in [1.29, 1.82) is 0 Å². The van der Waals surface area contributed by atoms with Gasteiger partial charge in [0, 0.05) is 11.4 Å². The summed E-state index contributed by atoms with van der Waals surface area (Å²) < 4.78 is 26.1. The highest BCUT2D eigenvalue weighted by molar-refractivity contribution is 7.89. The highest BCUT2D eigenvalue weighted by Crippen LogP contribution is 2.15. The fraction of sp³-hybridized carbons (Fsp3) is 0.333. The predicted octanol–water partition coefficient (Wildman–Crippen LogP) is 1.33. The number of halogens is 1. The van der Waals surface area contributed by atoms with E-state index in [2.05, 4.69) is 0 Å². The first-order chi connectivity index (χ1) is 9.72. The molecule has 0 heterocycles. The Morgan fingerprint density at radius 3 is 2.24 bits per heavy atom. The first-order valence-electron chi connectivity index (χ1n) is 5.95. The molecule has 3 N–H and O–H groups in total. The number of nitrogens with one attached hydrogen (secondary N) is 1. The summed E-state index contributed by atoms with van der Waals surface area (Å²) in [4.78, 5) is 21.3. The van der Waals surface area contributed by atoms with E-state index in [9.17, 15) is 18.0 Å². The molecule has 0 bridgehead atoms. The van der Waals surface area contributed by atoms with Crippen molar-refractivity contribution in [2.45, 2.75) is 30.2 Å². The lowest BCUT2D eigenvalue weighted by atomic mass is 10.1. The molecule has 0 radical (unpaired) electrons. The van der Waals surface area contributed by atoms with E-state index in [0.717, 1.165) is 0 Å². The normalized spacial score (nSPS) is 12.8. The second-order valence-electron chi connectivity index (χ2n) is 4.25. The third-order valence-corrected chi connectivity index (χ3v) is 4.34. The molecular weight excluding hydrogens is 322 g/mol. The summed E-state index contributed by atoms with van der Waals surface area (Å²) in [5.41, 5.74) is 0. The van der Waals surface area contributed by atoms with Crippen molar-refractivity contribution >= 4 is 33.6 Å². The predicted molar refractivity (Wildman–Crippen MR) is 74.7 cm³/mol. The molecule has 9 heteroatoms. The van der Waals surface area contributed by atoms with E-state index in [4.69, 9.17) is 21.8 Å². The molecule has 21 heavy (non-hydrogen) atoms. The number of hydrogen-bond acceptors (Lipinski definition) is 4. The first-order valence-corrected chi connectivity index (χ1v) is 7.81. The summed E-state index contributed by atoms with van der Waals surface area (Å²) in [6, 6.07) is 3.86. The van der Waals surface area contributed by atoms with E-state index in [1.54, 1.807) is 0 Å². The Kier molecular flexibility index (Phi) is 6.13. The molecule has 0 spiro atoms. The largest absolute Gasteiger partial charge is 0.481 e. The lowest BCUT2D eigenvalue weighted by molar-refractivity contribution is -0.140. The van der Waals surface area contributed by atoms with Gasteiger partial charge in [-0.25, -0.2) is 8.42 Å². The number of hydrogen-bond donors (Lipinski definition) is 3. The van der Waals surface area contributed by atoms with Crippen molar-refractivity contribution in [3.63, 3.8) is 0 Å². The Balaban J connectivity index is 2.79. The fourth-order valence-corrected chi connectivity index (χ4v) is 2.91. The highest BCUT2D eigenvalue weighted by atomic mass is 35.5. The molecule has 7 nitrogen and oxygen atoms in total. The summed E-state index contributed by atoms with van der Waals surface area (Å²) in [6.45, 7) is 0. The van der Waals surface area contributed by atoms with Crippen molar-refractivity contribution in [1.82, 2.24) is 4.72 Å². The minimum atomic E-state index is -4.01. The van der Waals surface area contributed by atoms with Crippen LogP contribution in [0.3, 0.4) is 0 Å². The van der Waals surface area contributed by atoms with Crippen LogP contribution in [0.15, 0.2) is 29.2 Å². The summed E-state index contributed by atoms with van der Waals surface area (Å²) in [5, 5.41) is 17.9. The van der Waals surface area contributed by atoms with Gasteiger partial charge in [-0.2, -0.15) is 4.72 Å². The monoisotopic (exact) mass is 335 g/mol. The van der Waals surface area contributed by atoms with Gasteiger partial charge >= 0.3 is 11.9 Å². The van der Waals surface area contributed by atoms with Gasteiger partial charge in [0.15, 0.2) is 0 Å². The third-order valence-electron chi connectivity index (χ3n) is 2.60. The second-order valence-corrected chi connectivity index (χ2v) is 6.40. The Labute approximate surface area is 126 Å². The minimum Gasteiger partial charge on any atom is -0.481 e. The second kappa shape index (κ2) is 7.39. The first kappa shape index (κ1) is 17.4. The molecule has 0 fully saturated rings. The maximum atomic E-state index is 12.0. The van der Waals surface area contributed by atoms with Gasteiger partial charge in [0.1, 0.15) is 6.04 Å². The molecule has 1 aromatic carbocycles. The van der Waals surface area contributed by atoms with Crippen molar-refractivity contribution in [3.05, 3.63) is 29.3 Å². The van der Waals surface area contributed by atoms with Gasteiger partial charge in [-0.05, 0) is 37.1 Å². The van der Waals surface area contributed by atoms with Gasteiger partial charge in [0.2, 0.25) is 10.0 Å². The van der Waals surface area contributed by atoms with Crippen LogP contribution in [0.1, 0.15) is 19.3 Å². The molecule has 116 valence electrons. The molecule has 0 amide bonds. The van der Waals surface area contributed by atoms with Crippen LogP contribution in [0.25, 0.3) is 0 Å². The molecule has 1 atom stereocenters. The van der Waals surface area contributed by atoms with E-state index in [1.807, 2.05) is 4.72 Å². The van der Waals surface area contributed by atoms with Crippen LogP contribution in [-0.2, 0) is 19.6 Å². The van der Waals surface area contributed by atoms with Crippen LogP contribution in [0.2, 0.25) is 5.02 Å². The molecule has 0 aliphatic heterocycles. The van der Waals surface area contributed by atoms with Gasteiger partial charge < -0.3 is 10.2 Å². The molecule has 0 saturated heterocycles. The number of rotatable bonds is 8. The molecule has 1 aromatic rings. The molecule has 0 saturated carbocycles. The lowest BCUT2D eigenvalue weighted by Gasteiger charge is -2.14. The van der Waals surface area contributed by atoms with Crippen LogP contribution in [0, 0.1) is 0 Å². The van der Waals surface area contributed by atoms with Gasteiger partial charge in [0.05, 0.1) is 4.90 Å². The molecule has 0 aliphatic carbocycles. The summed E-state index contributed by atoms with van der Waals surface area (Å²) in [5.74, 6) is -2.43. The van der Waals surface area contributed by atoms with E-state index in [-0.39, 0.29) is 24.2 Å². The minimum absolute atomic E-state index is 0.0510. The quantitative estimate of drug-likeness (QED) is 0.659. The number of carbonyl (C=O) groups is 2. The third kappa shape index (κ3) is 5.70. The molecule has 0 aliphatic rings. The maximum Gasteiger partial charge on any atom is 0.321 e. The summed E-state index contributed by atoms with van der Waals surface area (Å²) in [7, 11) is -4.01. The van der Waals surface area contributed by atoms with Gasteiger partial charge in [-0.1, -0.05) is 11.6 Å². The lowest BCUT2D eigenvalue weighted by Crippen LogP contribution is -2.40. The van der Waals surface area contributed by atoms with Crippen LogP contribution in [-0.4, -0.2) is 36.6 Å². The molecule has 0 aromatic heterocycles. The average Bonchev–Trinajstić information content (AvgIpc) is 2.37. The van der Waals surface area contributed by atoms with E-state index in [0.29, 0.717) is 5.02 Å². The van der Waals surface area contributed by atoms with Crippen LogP contribution in [0.4, 0.5) is 0 Å². The molecule has 1 rings (SSSR count). The smallest absolute Gasteiger partial charge is 0.321 e. The van der Waals surface area contributed by atoms with E-state index in [1.165, 1.54) is 24.3 Å². The van der Waals surface area contributed by atoms with Crippen molar-refractivity contribution in [2.75, 3.05) is 0 Å². The van der Waals surface area contributed by atoms with E-state index >= 15 is 0 Å². The zero-order valence-electron chi connectivity index (χ0n) is 10.8. The molecule has 0 unspecified atom stereocenters.